The second-order valence-electron chi connectivity index (χ2n) is 6.80. The van der Waals surface area contributed by atoms with Crippen molar-refractivity contribution >= 4 is 5.91 Å². The highest BCUT2D eigenvalue weighted by Crippen LogP contribution is 2.38. The van der Waals surface area contributed by atoms with Gasteiger partial charge in [-0.2, -0.15) is 0 Å². The van der Waals surface area contributed by atoms with Crippen molar-refractivity contribution in [2.75, 3.05) is 26.2 Å². The highest BCUT2D eigenvalue weighted by Gasteiger charge is 2.40. The third-order valence-electron chi connectivity index (χ3n) is 5.51. The van der Waals surface area contributed by atoms with Crippen LogP contribution in [0.25, 0.3) is 0 Å². The Hall–Kier alpha value is -0.610. The summed E-state index contributed by atoms with van der Waals surface area (Å²) in [7, 11) is 0. The predicted molar refractivity (Wildman–Crippen MR) is 82.4 cm³/mol. The smallest absolute Gasteiger partial charge is 0.227 e. The first-order chi connectivity index (χ1) is 9.61. The molecule has 116 valence electrons. The summed E-state index contributed by atoms with van der Waals surface area (Å²) in [6.45, 7) is 8.02. The van der Waals surface area contributed by atoms with Crippen LogP contribution in [0.2, 0.25) is 0 Å². The van der Waals surface area contributed by atoms with E-state index < -0.39 is 0 Å². The average Bonchev–Trinajstić information content (AvgIpc) is 2.93. The minimum absolute atomic E-state index is 0.204. The molecule has 0 aromatic carbocycles. The number of hydrogen-bond acceptors (Lipinski definition) is 3. The summed E-state index contributed by atoms with van der Waals surface area (Å²) < 4.78 is 0. The van der Waals surface area contributed by atoms with Gasteiger partial charge in [0, 0.05) is 19.1 Å². The third-order valence-corrected chi connectivity index (χ3v) is 5.51. The summed E-state index contributed by atoms with van der Waals surface area (Å²) in [5.74, 6) is 0.947. The van der Waals surface area contributed by atoms with E-state index in [-0.39, 0.29) is 11.3 Å². The summed E-state index contributed by atoms with van der Waals surface area (Å²) in [6.07, 6.45) is 6.65. The lowest BCUT2D eigenvalue weighted by molar-refractivity contribution is -0.133. The zero-order valence-corrected chi connectivity index (χ0v) is 13.2. The maximum atomic E-state index is 12.6. The molecule has 1 saturated heterocycles. The quantitative estimate of drug-likeness (QED) is 0.807. The van der Waals surface area contributed by atoms with E-state index in [0.29, 0.717) is 12.6 Å². The fourth-order valence-electron chi connectivity index (χ4n) is 3.78. The SMILES string of the molecule is CCN1CCCC1CNC(=O)C1(CN)CCC(C)CC1. The van der Waals surface area contributed by atoms with E-state index in [2.05, 4.69) is 24.1 Å². The monoisotopic (exact) mass is 281 g/mol. The van der Waals surface area contributed by atoms with Gasteiger partial charge in [0.25, 0.3) is 0 Å². The molecule has 0 bridgehead atoms. The summed E-state index contributed by atoms with van der Waals surface area (Å²) in [6, 6.07) is 0.529. The van der Waals surface area contributed by atoms with E-state index in [1.807, 2.05) is 0 Å². The minimum Gasteiger partial charge on any atom is -0.354 e. The number of rotatable bonds is 5. The maximum Gasteiger partial charge on any atom is 0.227 e. The lowest BCUT2D eigenvalue weighted by atomic mass is 9.70. The molecule has 1 heterocycles. The van der Waals surface area contributed by atoms with E-state index in [9.17, 15) is 4.79 Å². The number of likely N-dealkylation sites (N-methyl/N-ethyl adjacent to an activating group) is 1. The van der Waals surface area contributed by atoms with Gasteiger partial charge >= 0.3 is 0 Å². The van der Waals surface area contributed by atoms with Crippen LogP contribution in [0.3, 0.4) is 0 Å². The van der Waals surface area contributed by atoms with Gasteiger partial charge in [-0.05, 0) is 57.5 Å². The number of nitrogens with one attached hydrogen (secondary N) is 1. The van der Waals surface area contributed by atoms with Crippen LogP contribution in [0.15, 0.2) is 0 Å². The number of nitrogens with two attached hydrogens (primary N) is 1. The molecule has 0 radical (unpaired) electrons. The van der Waals surface area contributed by atoms with Crippen LogP contribution in [-0.4, -0.2) is 43.0 Å². The van der Waals surface area contributed by atoms with E-state index in [1.165, 1.54) is 19.4 Å². The fourth-order valence-corrected chi connectivity index (χ4v) is 3.78. The third kappa shape index (κ3) is 3.34. The topological polar surface area (TPSA) is 58.4 Å². The van der Waals surface area contributed by atoms with Crippen LogP contribution in [0.4, 0.5) is 0 Å². The Labute approximate surface area is 123 Å². The molecule has 1 unspecified atom stereocenters. The molecule has 20 heavy (non-hydrogen) atoms. The Kier molecular flexibility index (Phi) is 5.44. The lowest BCUT2D eigenvalue weighted by Crippen LogP contribution is -2.50. The second kappa shape index (κ2) is 6.90. The van der Waals surface area contributed by atoms with Crippen LogP contribution in [0.5, 0.6) is 0 Å². The van der Waals surface area contributed by atoms with Crippen LogP contribution in [0.1, 0.15) is 52.4 Å². The summed E-state index contributed by atoms with van der Waals surface area (Å²) >= 11 is 0. The maximum absolute atomic E-state index is 12.6. The number of carbonyl (C=O) groups excluding carboxylic acids is 1. The van der Waals surface area contributed by atoms with Crippen molar-refractivity contribution in [1.29, 1.82) is 0 Å². The average molecular weight is 281 g/mol. The Morgan fingerprint density at radius 3 is 2.65 bits per heavy atom. The van der Waals surface area contributed by atoms with Crippen molar-refractivity contribution in [3.8, 4) is 0 Å². The minimum atomic E-state index is -0.290. The molecule has 0 spiro atoms. The Morgan fingerprint density at radius 1 is 1.35 bits per heavy atom. The fraction of sp³-hybridized carbons (Fsp3) is 0.938. The van der Waals surface area contributed by atoms with E-state index >= 15 is 0 Å². The zero-order chi connectivity index (χ0) is 14.6. The predicted octanol–water partition coefficient (Wildman–Crippen LogP) is 1.74. The Morgan fingerprint density at radius 2 is 2.05 bits per heavy atom. The first kappa shape index (κ1) is 15.8. The molecule has 1 amide bonds. The molecule has 4 nitrogen and oxygen atoms in total. The molecule has 0 aromatic heterocycles. The molecule has 3 N–H and O–H groups in total. The first-order valence-corrected chi connectivity index (χ1v) is 8.33. The van der Waals surface area contributed by atoms with Crippen molar-refractivity contribution in [3.63, 3.8) is 0 Å². The normalized spacial score (nSPS) is 35.1. The molecule has 2 fully saturated rings. The molecular formula is C16H31N3O. The van der Waals surface area contributed by atoms with Gasteiger partial charge in [0.15, 0.2) is 0 Å². The summed E-state index contributed by atoms with van der Waals surface area (Å²) in [5.41, 5.74) is 5.66. The number of likely N-dealkylation sites (tertiary alicyclic amines) is 1. The highest BCUT2D eigenvalue weighted by molar-refractivity contribution is 5.83. The van der Waals surface area contributed by atoms with Gasteiger partial charge < -0.3 is 11.1 Å². The Bertz CT molecular complexity index is 324. The van der Waals surface area contributed by atoms with E-state index in [0.717, 1.165) is 44.7 Å². The molecule has 2 aliphatic rings. The van der Waals surface area contributed by atoms with Crippen molar-refractivity contribution in [1.82, 2.24) is 10.2 Å². The Balaban J connectivity index is 1.86. The van der Waals surface area contributed by atoms with Crippen molar-refractivity contribution in [3.05, 3.63) is 0 Å². The number of nitrogens with zero attached hydrogens (tertiary/aromatic N) is 1. The summed E-state index contributed by atoms with van der Waals surface area (Å²) in [4.78, 5) is 15.1. The molecule has 0 aromatic rings. The number of amides is 1. The van der Waals surface area contributed by atoms with E-state index in [1.54, 1.807) is 0 Å². The van der Waals surface area contributed by atoms with Gasteiger partial charge in [-0.15, -0.1) is 0 Å². The van der Waals surface area contributed by atoms with Gasteiger partial charge in [0.1, 0.15) is 0 Å². The van der Waals surface area contributed by atoms with E-state index in [4.69, 9.17) is 5.73 Å². The van der Waals surface area contributed by atoms with Crippen LogP contribution >= 0.6 is 0 Å². The number of carbonyl (C=O) groups is 1. The largest absolute Gasteiger partial charge is 0.354 e. The second-order valence-corrected chi connectivity index (χ2v) is 6.80. The first-order valence-electron chi connectivity index (χ1n) is 8.33. The van der Waals surface area contributed by atoms with Gasteiger partial charge in [0.05, 0.1) is 5.41 Å². The van der Waals surface area contributed by atoms with Crippen LogP contribution in [0, 0.1) is 11.3 Å². The molecular weight excluding hydrogens is 250 g/mol. The van der Waals surface area contributed by atoms with Crippen molar-refractivity contribution in [2.24, 2.45) is 17.1 Å². The molecule has 4 heteroatoms. The van der Waals surface area contributed by atoms with Gasteiger partial charge in [-0.25, -0.2) is 0 Å². The standard InChI is InChI=1S/C16H31N3O/c1-3-19-10-4-5-14(19)11-18-15(20)16(12-17)8-6-13(2)7-9-16/h13-14H,3-12,17H2,1-2H3,(H,18,20). The number of hydrogen-bond donors (Lipinski definition) is 2. The molecule has 1 saturated carbocycles. The van der Waals surface area contributed by atoms with Crippen molar-refractivity contribution in [2.45, 2.75) is 58.4 Å². The van der Waals surface area contributed by atoms with Crippen molar-refractivity contribution < 1.29 is 4.79 Å². The molecule has 2 rings (SSSR count). The molecule has 1 aliphatic carbocycles. The highest BCUT2D eigenvalue weighted by atomic mass is 16.2. The lowest BCUT2D eigenvalue weighted by Gasteiger charge is -2.37. The van der Waals surface area contributed by atoms with Gasteiger partial charge in [0.2, 0.25) is 5.91 Å². The zero-order valence-electron chi connectivity index (χ0n) is 13.2. The van der Waals surface area contributed by atoms with Crippen LogP contribution in [-0.2, 0) is 4.79 Å². The van der Waals surface area contributed by atoms with Gasteiger partial charge in [-0.3, -0.25) is 9.69 Å². The van der Waals surface area contributed by atoms with Crippen LogP contribution < -0.4 is 11.1 Å². The molecule has 1 aliphatic heterocycles. The summed E-state index contributed by atoms with van der Waals surface area (Å²) in [5, 5.41) is 3.20. The van der Waals surface area contributed by atoms with Gasteiger partial charge in [-0.1, -0.05) is 13.8 Å². The molecule has 1 atom stereocenters.